The number of aryl methyl sites for hydroxylation is 1. The van der Waals surface area contributed by atoms with Crippen molar-refractivity contribution in [3.63, 3.8) is 0 Å². The van der Waals surface area contributed by atoms with E-state index in [0.29, 0.717) is 23.3 Å². The minimum Gasteiger partial charge on any atom is -0.465 e. The Bertz CT molecular complexity index is 1040. The summed E-state index contributed by atoms with van der Waals surface area (Å²) in [5.41, 5.74) is -0.847. The molecule has 0 aliphatic rings. The van der Waals surface area contributed by atoms with Gasteiger partial charge in [-0.2, -0.15) is 0 Å². The van der Waals surface area contributed by atoms with Gasteiger partial charge in [0.2, 0.25) is 0 Å². The molecule has 0 aliphatic heterocycles. The molecule has 0 spiro atoms. The molecule has 0 aromatic carbocycles. The second-order valence-electron chi connectivity index (χ2n) is 10.6. The van der Waals surface area contributed by atoms with E-state index in [1.807, 2.05) is 6.92 Å². The van der Waals surface area contributed by atoms with E-state index in [9.17, 15) is 29.1 Å². The minimum atomic E-state index is -1.52. The molecule has 4 atom stereocenters. The van der Waals surface area contributed by atoms with Crippen LogP contribution in [-0.2, 0) is 36.8 Å². The Labute approximate surface area is 220 Å². The summed E-state index contributed by atoms with van der Waals surface area (Å²) in [4.78, 5) is 63.7. The number of carbonyl (C=O) groups excluding carboxylic acids is 4. The standard InChI is InChI=1S/C29H44O8/c1-11-20(30)15(4)26(16(5)21(31)12-2)37-28(35)29(9,10)27(34)17(6)22(32)14-24-19(8)25(33)18(7)23(13-3)36-24/h15-17,26-27,34H,11-14H2,1-10H3/t15-,16-,17?,27?/m1/s1. The van der Waals surface area contributed by atoms with E-state index in [-0.39, 0.29) is 42.0 Å². The molecule has 0 saturated carbocycles. The highest BCUT2D eigenvalue weighted by atomic mass is 16.5. The first-order chi connectivity index (χ1) is 17.1. The van der Waals surface area contributed by atoms with Gasteiger partial charge in [-0.1, -0.05) is 41.5 Å². The van der Waals surface area contributed by atoms with Crippen LogP contribution >= 0.6 is 0 Å². The lowest BCUT2D eigenvalue weighted by Crippen LogP contribution is -2.48. The molecule has 0 bridgehead atoms. The highest BCUT2D eigenvalue weighted by molar-refractivity contribution is 5.87. The fourth-order valence-electron chi connectivity index (χ4n) is 4.51. The molecule has 2 unspecified atom stereocenters. The molecule has 37 heavy (non-hydrogen) atoms. The summed E-state index contributed by atoms with van der Waals surface area (Å²) in [6, 6.07) is 0. The Morgan fingerprint density at radius 2 is 1.30 bits per heavy atom. The Hall–Kier alpha value is -2.61. The topological polar surface area (TPSA) is 128 Å². The van der Waals surface area contributed by atoms with Gasteiger partial charge in [-0.3, -0.25) is 24.0 Å². The number of ketones is 3. The molecule has 1 aromatic heterocycles. The van der Waals surface area contributed by atoms with E-state index in [1.165, 1.54) is 20.8 Å². The van der Waals surface area contributed by atoms with Crippen molar-refractivity contribution in [1.82, 2.24) is 0 Å². The summed E-state index contributed by atoms with van der Waals surface area (Å²) in [5, 5.41) is 11.1. The number of aliphatic hydroxyl groups is 1. The van der Waals surface area contributed by atoms with Gasteiger partial charge in [-0.15, -0.1) is 0 Å². The Balaban J connectivity index is 3.18. The van der Waals surface area contributed by atoms with Crippen molar-refractivity contribution in [2.45, 2.75) is 107 Å². The summed E-state index contributed by atoms with van der Waals surface area (Å²) >= 11 is 0. The van der Waals surface area contributed by atoms with Crippen molar-refractivity contribution in [1.29, 1.82) is 0 Å². The van der Waals surface area contributed by atoms with Gasteiger partial charge in [0.1, 0.15) is 35.0 Å². The normalized spacial score (nSPS) is 15.1. The zero-order chi connectivity index (χ0) is 28.8. The highest BCUT2D eigenvalue weighted by Gasteiger charge is 2.45. The lowest BCUT2D eigenvalue weighted by Gasteiger charge is -2.35. The molecular weight excluding hydrogens is 476 g/mol. The fourth-order valence-corrected chi connectivity index (χ4v) is 4.51. The second kappa shape index (κ2) is 13.3. The predicted molar refractivity (Wildman–Crippen MR) is 140 cm³/mol. The lowest BCUT2D eigenvalue weighted by molar-refractivity contribution is -0.175. The third kappa shape index (κ3) is 7.24. The fraction of sp³-hybridized carbons (Fsp3) is 0.690. The molecule has 0 radical (unpaired) electrons. The molecular formula is C29H44O8. The summed E-state index contributed by atoms with van der Waals surface area (Å²) in [6.45, 7) is 16.2. The van der Waals surface area contributed by atoms with Crippen LogP contribution in [0.4, 0.5) is 0 Å². The quantitative estimate of drug-likeness (QED) is 0.363. The number of hydrogen-bond donors (Lipinski definition) is 1. The van der Waals surface area contributed by atoms with Gasteiger partial charge in [-0.05, 0) is 27.7 Å². The van der Waals surface area contributed by atoms with Crippen molar-refractivity contribution >= 4 is 23.3 Å². The van der Waals surface area contributed by atoms with Gasteiger partial charge in [0, 0.05) is 36.3 Å². The molecule has 1 N–H and O–H groups in total. The lowest BCUT2D eigenvalue weighted by atomic mass is 9.77. The third-order valence-corrected chi connectivity index (χ3v) is 7.61. The van der Waals surface area contributed by atoms with Crippen molar-refractivity contribution in [3.8, 4) is 0 Å². The van der Waals surface area contributed by atoms with E-state index < -0.39 is 47.1 Å². The van der Waals surface area contributed by atoms with Crippen LogP contribution < -0.4 is 5.43 Å². The maximum absolute atomic E-state index is 13.3. The third-order valence-electron chi connectivity index (χ3n) is 7.61. The van der Waals surface area contributed by atoms with Crippen LogP contribution in [0.2, 0.25) is 0 Å². The number of Topliss-reactive ketones (excluding diaryl/α,β-unsaturated/α-hetero) is 3. The van der Waals surface area contributed by atoms with Crippen LogP contribution in [0.5, 0.6) is 0 Å². The van der Waals surface area contributed by atoms with Crippen molar-refractivity contribution in [3.05, 3.63) is 32.9 Å². The SMILES string of the molecule is CCC(=O)[C@@H](C)C(OC(=O)C(C)(C)C(O)C(C)C(=O)Cc1oc(CC)c(C)c(=O)c1C)[C@H](C)C(=O)CC. The van der Waals surface area contributed by atoms with Crippen LogP contribution in [0.15, 0.2) is 9.21 Å². The van der Waals surface area contributed by atoms with Crippen molar-refractivity contribution in [2.24, 2.45) is 23.2 Å². The van der Waals surface area contributed by atoms with E-state index in [4.69, 9.17) is 9.15 Å². The number of rotatable bonds is 14. The summed E-state index contributed by atoms with van der Waals surface area (Å²) in [6.07, 6.45) is -1.65. The molecule has 1 rings (SSSR count). The zero-order valence-corrected chi connectivity index (χ0v) is 24.0. The van der Waals surface area contributed by atoms with E-state index in [1.54, 1.807) is 41.5 Å². The van der Waals surface area contributed by atoms with Gasteiger partial charge in [-0.25, -0.2) is 0 Å². The largest absolute Gasteiger partial charge is 0.465 e. The molecule has 1 heterocycles. The molecule has 0 aliphatic carbocycles. The predicted octanol–water partition coefficient (Wildman–Crippen LogP) is 4.10. The summed E-state index contributed by atoms with van der Waals surface area (Å²) in [7, 11) is 0. The smallest absolute Gasteiger partial charge is 0.314 e. The van der Waals surface area contributed by atoms with Gasteiger partial charge >= 0.3 is 5.97 Å². The summed E-state index contributed by atoms with van der Waals surface area (Å²) in [5.74, 6) is -3.12. The van der Waals surface area contributed by atoms with Crippen LogP contribution in [0.25, 0.3) is 0 Å². The number of esters is 1. The number of carbonyl (C=O) groups is 4. The average molecular weight is 521 g/mol. The van der Waals surface area contributed by atoms with Crippen LogP contribution in [-0.4, -0.2) is 40.6 Å². The first-order valence-electron chi connectivity index (χ1n) is 13.2. The maximum atomic E-state index is 13.3. The molecule has 1 aromatic rings. The Morgan fingerprint density at radius 3 is 1.73 bits per heavy atom. The monoisotopic (exact) mass is 520 g/mol. The zero-order valence-electron chi connectivity index (χ0n) is 24.0. The maximum Gasteiger partial charge on any atom is 0.314 e. The Morgan fingerprint density at radius 1 is 0.838 bits per heavy atom. The molecule has 0 fully saturated rings. The minimum absolute atomic E-state index is 0.142. The van der Waals surface area contributed by atoms with Crippen LogP contribution in [0, 0.1) is 37.0 Å². The average Bonchev–Trinajstić information content (AvgIpc) is 2.88. The second-order valence-corrected chi connectivity index (χ2v) is 10.6. The molecule has 208 valence electrons. The highest BCUT2D eigenvalue weighted by Crippen LogP contribution is 2.32. The molecule has 0 amide bonds. The molecule has 0 saturated heterocycles. The number of ether oxygens (including phenoxy) is 1. The summed E-state index contributed by atoms with van der Waals surface area (Å²) < 4.78 is 11.5. The van der Waals surface area contributed by atoms with E-state index in [2.05, 4.69) is 0 Å². The van der Waals surface area contributed by atoms with Crippen LogP contribution in [0.1, 0.15) is 90.9 Å². The van der Waals surface area contributed by atoms with E-state index >= 15 is 0 Å². The van der Waals surface area contributed by atoms with Gasteiger partial charge in [0.15, 0.2) is 5.43 Å². The van der Waals surface area contributed by atoms with Crippen molar-refractivity contribution < 1.29 is 33.4 Å². The molecule has 8 nitrogen and oxygen atoms in total. The van der Waals surface area contributed by atoms with Gasteiger partial charge < -0.3 is 14.3 Å². The van der Waals surface area contributed by atoms with Crippen molar-refractivity contribution in [2.75, 3.05) is 0 Å². The first-order valence-corrected chi connectivity index (χ1v) is 13.2. The van der Waals surface area contributed by atoms with Gasteiger partial charge in [0.05, 0.1) is 29.8 Å². The van der Waals surface area contributed by atoms with Gasteiger partial charge in [0.25, 0.3) is 0 Å². The first kappa shape index (κ1) is 32.4. The molecule has 8 heteroatoms. The number of hydrogen-bond acceptors (Lipinski definition) is 8. The van der Waals surface area contributed by atoms with Crippen LogP contribution in [0.3, 0.4) is 0 Å². The number of aliphatic hydroxyl groups excluding tert-OH is 1. The Kier molecular flexibility index (Phi) is 11.6. The van der Waals surface area contributed by atoms with E-state index in [0.717, 1.165) is 0 Å².